The van der Waals surface area contributed by atoms with E-state index in [9.17, 15) is 14.7 Å². The van der Waals surface area contributed by atoms with Crippen LogP contribution in [0.2, 0.25) is 0 Å². The van der Waals surface area contributed by atoms with Gasteiger partial charge in [-0.25, -0.2) is 19.8 Å². The van der Waals surface area contributed by atoms with E-state index in [1.54, 1.807) is 12.1 Å². The summed E-state index contributed by atoms with van der Waals surface area (Å²) in [5.41, 5.74) is 7.41. The van der Waals surface area contributed by atoms with Gasteiger partial charge in [0, 0.05) is 44.2 Å². The maximum Gasteiger partial charge on any atom is 0.265 e. The van der Waals surface area contributed by atoms with E-state index in [1.807, 2.05) is 137 Å². The number of fused-ring (bicyclic) bond motifs is 2. The van der Waals surface area contributed by atoms with E-state index >= 15 is 9.59 Å². The molecule has 63 heavy (non-hydrogen) atoms. The highest BCUT2D eigenvalue weighted by Gasteiger charge is 2.41. The molecule has 12 rings (SSSR count). The van der Waals surface area contributed by atoms with Crippen LogP contribution in [0.25, 0.3) is 67.0 Å². The van der Waals surface area contributed by atoms with Gasteiger partial charge in [-0.1, -0.05) is 84.9 Å². The minimum Gasteiger partial charge on any atom is -0.508 e. The summed E-state index contributed by atoms with van der Waals surface area (Å²) in [6.45, 7) is 0. The largest absolute Gasteiger partial charge is 0.508 e. The number of rotatable bonds is 6. The van der Waals surface area contributed by atoms with E-state index < -0.39 is 23.6 Å². The van der Waals surface area contributed by atoms with Gasteiger partial charge in [-0.2, -0.15) is 0 Å². The van der Waals surface area contributed by atoms with Crippen LogP contribution >= 0.6 is 0 Å². The van der Waals surface area contributed by atoms with Crippen LogP contribution in [0.15, 0.2) is 176 Å². The van der Waals surface area contributed by atoms with Gasteiger partial charge in [-0.3, -0.25) is 28.3 Å². The molecule has 0 spiro atoms. The lowest BCUT2D eigenvalue weighted by atomic mass is 9.85. The minimum atomic E-state index is -0.613. The molecular formula is C52H30N6O5. The summed E-state index contributed by atoms with van der Waals surface area (Å²) in [4.78, 5) is 70.7. The van der Waals surface area contributed by atoms with Crippen LogP contribution in [0, 0.1) is 0 Å². The first-order chi connectivity index (χ1) is 30.8. The molecule has 0 fully saturated rings. The van der Waals surface area contributed by atoms with Gasteiger partial charge in [-0.05, 0) is 91.0 Å². The van der Waals surface area contributed by atoms with Crippen molar-refractivity contribution in [3.05, 3.63) is 198 Å². The van der Waals surface area contributed by atoms with Gasteiger partial charge >= 0.3 is 0 Å². The topological polar surface area (TPSA) is 131 Å². The Bertz CT molecular complexity index is 3410. The summed E-state index contributed by atoms with van der Waals surface area (Å²) in [5.74, 6) is -1.13. The third-order valence-electron chi connectivity index (χ3n) is 11.9. The Balaban J connectivity index is 1.09. The number of para-hydroxylation sites is 4. The number of benzene rings is 8. The highest BCUT2D eigenvalue weighted by Crippen LogP contribution is 2.42. The molecule has 8 aromatic carbocycles. The average Bonchev–Trinajstić information content (AvgIpc) is 3.91. The van der Waals surface area contributed by atoms with Crippen molar-refractivity contribution in [2.24, 2.45) is 0 Å². The van der Waals surface area contributed by atoms with Gasteiger partial charge < -0.3 is 5.11 Å². The molecule has 0 saturated carbocycles. The summed E-state index contributed by atoms with van der Waals surface area (Å²) in [6, 6.07) is 52.9. The van der Waals surface area contributed by atoms with Gasteiger partial charge in [0.25, 0.3) is 23.6 Å². The molecule has 0 radical (unpaired) electrons. The van der Waals surface area contributed by atoms with Crippen LogP contribution in [-0.4, -0.2) is 47.8 Å². The fraction of sp³-hybridized carbons (Fsp3) is 0. The third-order valence-corrected chi connectivity index (χ3v) is 11.9. The van der Waals surface area contributed by atoms with Crippen molar-refractivity contribution in [1.82, 2.24) is 19.1 Å². The second-order valence-electron chi connectivity index (χ2n) is 15.4. The van der Waals surface area contributed by atoms with E-state index in [0.717, 1.165) is 38.1 Å². The normalized spacial score (nSPS) is 13.5. The number of carbonyl (C=O) groups is 4. The SMILES string of the molecule is O=C1c2ccc3c4c(ccc(c24)C(=O)N1c1ccc(O)cc1)C(=O)N(c1cc(-n2c(-c4ccccc4)nc4ccccc42)cc(-n2c(-c4ccccc4)nc4ccccc42)c1)C3=O. The standard InChI is InChI=1S/C52H30N6O5/c59-36-21-19-32(20-22-36)57-49(60)37-23-25-39-46-40(26-24-38(45(37)46)50(57)61)52(63)58(51(39)62)35-28-33(55-43-17-9-7-15-41(43)53-47(55)30-11-3-1-4-12-30)27-34(29-35)56-44-18-10-8-16-42(44)54-48(56)31-13-5-2-6-14-31/h1-29,59H. The molecule has 0 aliphatic carbocycles. The van der Waals surface area contributed by atoms with E-state index in [1.165, 1.54) is 41.3 Å². The molecule has 0 bridgehead atoms. The molecule has 10 aromatic rings. The highest BCUT2D eigenvalue weighted by molar-refractivity contribution is 6.42. The first kappa shape index (κ1) is 35.9. The lowest BCUT2D eigenvalue weighted by molar-refractivity contribution is 0.0873. The Morgan fingerprint density at radius 3 is 1.16 bits per heavy atom. The monoisotopic (exact) mass is 818 g/mol. The summed E-state index contributed by atoms with van der Waals surface area (Å²) >= 11 is 0. The maximum absolute atomic E-state index is 15.1. The van der Waals surface area contributed by atoms with Crippen LogP contribution in [0.4, 0.5) is 11.4 Å². The number of phenols is 1. The number of hydrogen-bond acceptors (Lipinski definition) is 7. The molecular weight excluding hydrogens is 789 g/mol. The summed E-state index contributed by atoms with van der Waals surface area (Å²) in [6.07, 6.45) is 0. The number of aromatic nitrogens is 4. The molecule has 2 aliphatic heterocycles. The Labute approximate surface area is 358 Å². The van der Waals surface area contributed by atoms with Crippen LogP contribution in [-0.2, 0) is 0 Å². The van der Waals surface area contributed by atoms with E-state index in [0.29, 0.717) is 23.0 Å². The summed E-state index contributed by atoms with van der Waals surface area (Å²) in [5, 5.41) is 10.4. The molecule has 0 saturated heterocycles. The molecule has 0 atom stereocenters. The van der Waals surface area contributed by atoms with E-state index in [-0.39, 0.29) is 50.2 Å². The predicted molar refractivity (Wildman–Crippen MR) is 241 cm³/mol. The number of amides is 4. The minimum absolute atomic E-state index is 0.0150. The van der Waals surface area contributed by atoms with Crippen molar-refractivity contribution in [2.75, 3.05) is 9.80 Å². The Hall–Kier alpha value is -8.96. The quantitative estimate of drug-likeness (QED) is 0.165. The fourth-order valence-electron chi connectivity index (χ4n) is 9.05. The van der Waals surface area contributed by atoms with Crippen LogP contribution in [0.3, 0.4) is 0 Å². The zero-order chi connectivity index (χ0) is 42.5. The molecule has 298 valence electrons. The predicted octanol–water partition coefficient (Wildman–Crippen LogP) is 10.2. The molecule has 2 aliphatic rings. The Kier molecular flexibility index (Phi) is 7.72. The van der Waals surface area contributed by atoms with Gasteiger partial charge in [0.2, 0.25) is 0 Å². The van der Waals surface area contributed by atoms with Crippen LogP contribution in [0.5, 0.6) is 5.75 Å². The van der Waals surface area contributed by atoms with Crippen molar-refractivity contribution in [1.29, 1.82) is 0 Å². The summed E-state index contributed by atoms with van der Waals surface area (Å²) in [7, 11) is 0. The highest BCUT2D eigenvalue weighted by atomic mass is 16.3. The van der Waals surface area contributed by atoms with E-state index in [2.05, 4.69) is 0 Å². The number of aromatic hydroxyl groups is 1. The molecule has 4 heterocycles. The van der Waals surface area contributed by atoms with Gasteiger partial charge in [0.05, 0.1) is 44.8 Å². The first-order valence-electron chi connectivity index (χ1n) is 20.2. The van der Waals surface area contributed by atoms with Gasteiger partial charge in [0.1, 0.15) is 17.4 Å². The molecule has 11 nitrogen and oxygen atoms in total. The average molecular weight is 819 g/mol. The number of phenolic OH excluding ortho intramolecular Hbond substituents is 1. The Morgan fingerprint density at radius 1 is 0.365 bits per heavy atom. The fourth-order valence-corrected chi connectivity index (χ4v) is 9.05. The van der Waals surface area contributed by atoms with Crippen molar-refractivity contribution >= 4 is 67.8 Å². The second-order valence-corrected chi connectivity index (χ2v) is 15.4. The van der Waals surface area contributed by atoms with Crippen molar-refractivity contribution in [2.45, 2.75) is 0 Å². The zero-order valence-corrected chi connectivity index (χ0v) is 33.0. The second kappa shape index (κ2) is 13.5. The molecule has 0 unspecified atom stereocenters. The number of imide groups is 2. The molecule has 4 amide bonds. The number of anilines is 2. The number of hydrogen-bond donors (Lipinski definition) is 1. The van der Waals surface area contributed by atoms with Crippen LogP contribution in [0.1, 0.15) is 41.4 Å². The van der Waals surface area contributed by atoms with Crippen molar-refractivity contribution < 1.29 is 24.3 Å². The smallest absolute Gasteiger partial charge is 0.265 e. The van der Waals surface area contributed by atoms with E-state index in [4.69, 9.17) is 9.97 Å². The number of imidazole rings is 2. The number of nitrogens with zero attached hydrogens (tertiary/aromatic N) is 6. The number of carbonyl (C=O) groups excluding carboxylic acids is 4. The maximum atomic E-state index is 15.1. The zero-order valence-electron chi connectivity index (χ0n) is 33.0. The first-order valence-corrected chi connectivity index (χ1v) is 20.2. The van der Waals surface area contributed by atoms with Gasteiger partial charge in [0.15, 0.2) is 0 Å². The summed E-state index contributed by atoms with van der Waals surface area (Å²) < 4.78 is 4.07. The third kappa shape index (κ3) is 5.33. The van der Waals surface area contributed by atoms with Crippen molar-refractivity contribution in [3.63, 3.8) is 0 Å². The lowest BCUT2D eigenvalue weighted by Crippen LogP contribution is -2.43. The molecule has 2 aromatic heterocycles. The lowest BCUT2D eigenvalue weighted by Gasteiger charge is -2.32. The Morgan fingerprint density at radius 2 is 0.730 bits per heavy atom. The van der Waals surface area contributed by atoms with Crippen molar-refractivity contribution in [3.8, 4) is 39.9 Å². The van der Waals surface area contributed by atoms with Crippen LogP contribution < -0.4 is 9.80 Å². The molecule has 1 N–H and O–H groups in total. The molecule has 11 heteroatoms. The van der Waals surface area contributed by atoms with Gasteiger partial charge in [-0.15, -0.1) is 0 Å².